The second kappa shape index (κ2) is 5.79. The Morgan fingerprint density at radius 2 is 2.50 bits per heavy atom. The Kier molecular flexibility index (Phi) is 4.11. The summed E-state index contributed by atoms with van der Waals surface area (Å²) in [6.07, 6.45) is 1.70. The molecular weight excluding hydrogens is 232 g/mol. The monoisotopic (exact) mass is 250 g/mol. The Morgan fingerprint density at radius 3 is 3.11 bits per heavy atom. The molecule has 1 aliphatic rings. The summed E-state index contributed by atoms with van der Waals surface area (Å²) in [6.45, 7) is 2.58. The molecule has 98 valence electrons. The first kappa shape index (κ1) is 12.8. The molecule has 1 fully saturated rings. The fourth-order valence-electron chi connectivity index (χ4n) is 2.02. The Hall–Kier alpha value is -1.66. The van der Waals surface area contributed by atoms with E-state index in [1.165, 1.54) is 0 Å². The molecule has 6 heteroatoms. The van der Waals surface area contributed by atoms with Crippen molar-refractivity contribution in [3.05, 3.63) is 24.0 Å². The van der Waals surface area contributed by atoms with E-state index >= 15 is 0 Å². The van der Waals surface area contributed by atoms with Gasteiger partial charge in [0, 0.05) is 32.7 Å². The van der Waals surface area contributed by atoms with Crippen LogP contribution in [0.4, 0.5) is 5.69 Å². The van der Waals surface area contributed by atoms with Crippen molar-refractivity contribution in [2.24, 2.45) is 0 Å². The van der Waals surface area contributed by atoms with E-state index in [-0.39, 0.29) is 18.6 Å². The third-order valence-corrected chi connectivity index (χ3v) is 3.05. The van der Waals surface area contributed by atoms with Crippen LogP contribution in [0, 0.1) is 0 Å². The fraction of sp³-hybridized carbons (Fsp3) is 0.500. The highest BCUT2D eigenvalue weighted by molar-refractivity contribution is 5.92. The van der Waals surface area contributed by atoms with Crippen LogP contribution in [0.5, 0.6) is 0 Å². The van der Waals surface area contributed by atoms with Gasteiger partial charge in [0.15, 0.2) is 0 Å². The van der Waals surface area contributed by atoms with Crippen LogP contribution < -0.4 is 15.5 Å². The van der Waals surface area contributed by atoms with Gasteiger partial charge in [0.25, 0.3) is 5.91 Å². The van der Waals surface area contributed by atoms with Gasteiger partial charge in [-0.2, -0.15) is 0 Å². The van der Waals surface area contributed by atoms with E-state index in [9.17, 15) is 4.79 Å². The second-order valence-electron chi connectivity index (χ2n) is 4.26. The number of pyridine rings is 1. The summed E-state index contributed by atoms with van der Waals surface area (Å²) in [7, 11) is 1.58. The molecule has 0 unspecified atom stereocenters. The van der Waals surface area contributed by atoms with Gasteiger partial charge in [-0.15, -0.1) is 0 Å². The summed E-state index contributed by atoms with van der Waals surface area (Å²) in [6, 6.07) is 3.69. The van der Waals surface area contributed by atoms with Crippen molar-refractivity contribution in [3.8, 4) is 0 Å². The molecule has 0 radical (unpaired) electrons. The van der Waals surface area contributed by atoms with Gasteiger partial charge < -0.3 is 20.6 Å². The maximum atomic E-state index is 11.4. The van der Waals surface area contributed by atoms with Crippen molar-refractivity contribution in [2.45, 2.75) is 6.04 Å². The lowest BCUT2D eigenvalue weighted by atomic mass is 10.2. The molecule has 1 aromatic heterocycles. The molecule has 3 N–H and O–H groups in total. The fourth-order valence-corrected chi connectivity index (χ4v) is 2.02. The van der Waals surface area contributed by atoms with Crippen LogP contribution in [0.2, 0.25) is 0 Å². The number of amides is 1. The standard InChI is InChI=1S/C12H18N4O2/c1-13-12(18)11-3-2-10(6-15-11)16-5-4-14-9(7-16)8-17/h2-3,6,9,14,17H,4-5,7-8H2,1H3,(H,13,18)/t9-/m0/s1. The zero-order valence-corrected chi connectivity index (χ0v) is 10.4. The summed E-state index contributed by atoms with van der Waals surface area (Å²) >= 11 is 0. The molecule has 0 spiro atoms. The van der Waals surface area contributed by atoms with Crippen LogP contribution in [0.25, 0.3) is 0 Å². The number of anilines is 1. The lowest BCUT2D eigenvalue weighted by molar-refractivity contribution is 0.0958. The van der Waals surface area contributed by atoms with E-state index in [0.29, 0.717) is 5.69 Å². The van der Waals surface area contributed by atoms with Crippen molar-refractivity contribution in [3.63, 3.8) is 0 Å². The van der Waals surface area contributed by atoms with E-state index in [4.69, 9.17) is 5.11 Å². The molecule has 0 aromatic carbocycles. The van der Waals surface area contributed by atoms with Gasteiger partial charge >= 0.3 is 0 Å². The van der Waals surface area contributed by atoms with Crippen LogP contribution in [0.1, 0.15) is 10.5 Å². The number of nitrogens with zero attached hydrogens (tertiary/aromatic N) is 2. The van der Waals surface area contributed by atoms with Crippen LogP contribution in [0.3, 0.4) is 0 Å². The number of aliphatic hydroxyl groups excluding tert-OH is 1. The van der Waals surface area contributed by atoms with E-state index in [2.05, 4.69) is 20.5 Å². The molecule has 0 bridgehead atoms. The molecule has 1 aliphatic heterocycles. The number of carbonyl (C=O) groups is 1. The number of hydrogen-bond acceptors (Lipinski definition) is 5. The highest BCUT2D eigenvalue weighted by atomic mass is 16.3. The van der Waals surface area contributed by atoms with Gasteiger partial charge in [0.2, 0.25) is 0 Å². The third-order valence-electron chi connectivity index (χ3n) is 3.05. The number of aromatic nitrogens is 1. The molecule has 0 aliphatic carbocycles. The molecule has 0 saturated carbocycles. The Morgan fingerprint density at radius 1 is 1.67 bits per heavy atom. The summed E-state index contributed by atoms with van der Waals surface area (Å²) in [4.78, 5) is 17.7. The molecule has 1 aromatic rings. The Bertz CT molecular complexity index is 407. The first-order valence-electron chi connectivity index (χ1n) is 6.02. The SMILES string of the molecule is CNC(=O)c1ccc(N2CCN[C@H](CO)C2)cn1. The Labute approximate surface area is 106 Å². The van der Waals surface area contributed by atoms with Crippen LogP contribution >= 0.6 is 0 Å². The second-order valence-corrected chi connectivity index (χ2v) is 4.26. The number of nitrogens with one attached hydrogen (secondary N) is 2. The molecule has 1 saturated heterocycles. The zero-order valence-electron chi connectivity index (χ0n) is 10.4. The molecule has 2 heterocycles. The minimum atomic E-state index is -0.185. The first-order chi connectivity index (χ1) is 8.74. The molecule has 2 rings (SSSR count). The molecule has 6 nitrogen and oxygen atoms in total. The average Bonchev–Trinajstić information content (AvgIpc) is 2.46. The number of rotatable bonds is 3. The zero-order chi connectivity index (χ0) is 13.0. The highest BCUT2D eigenvalue weighted by Crippen LogP contribution is 2.15. The van der Waals surface area contributed by atoms with Gasteiger partial charge in [-0.3, -0.25) is 4.79 Å². The molecule has 1 amide bonds. The third kappa shape index (κ3) is 2.77. The van der Waals surface area contributed by atoms with Crippen molar-refractivity contribution in [1.29, 1.82) is 0 Å². The normalized spacial score (nSPS) is 19.7. The van der Waals surface area contributed by atoms with Crippen molar-refractivity contribution >= 4 is 11.6 Å². The predicted molar refractivity (Wildman–Crippen MR) is 68.7 cm³/mol. The summed E-state index contributed by atoms with van der Waals surface area (Å²) in [5.41, 5.74) is 1.39. The first-order valence-corrected chi connectivity index (χ1v) is 6.02. The minimum absolute atomic E-state index is 0.0948. The smallest absolute Gasteiger partial charge is 0.269 e. The molecule has 18 heavy (non-hydrogen) atoms. The van der Waals surface area contributed by atoms with Gasteiger partial charge in [0.1, 0.15) is 5.69 Å². The maximum absolute atomic E-state index is 11.4. The maximum Gasteiger partial charge on any atom is 0.269 e. The topological polar surface area (TPSA) is 77.5 Å². The molecule has 1 atom stereocenters. The summed E-state index contributed by atoms with van der Waals surface area (Å²) in [5, 5.41) is 14.9. The summed E-state index contributed by atoms with van der Waals surface area (Å²) < 4.78 is 0. The highest BCUT2D eigenvalue weighted by Gasteiger charge is 2.19. The van der Waals surface area contributed by atoms with E-state index in [1.54, 1.807) is 19.3 Å². The Balaban J connectivity index is 2.07. The van der Waals surface area contributed by atoms with Crippen molar-refractivity contribution in [2.75, 3.05) is 38.2 Å². The van der Waals surface area contributed by atoms with Gasteiger partial charge in [0.05, 0.1) is 18.5 Å². The van der Waals surface area contributed by atoms with Crippen molar-refractivity contribution in [1.82, 2.24) is 15.6 Å². The van der Waals surface area contributed by atoms with E-state index in [1.807, 2.05) is 6.07 Å². The number of aliphatic hydroxyl groups is 1. The van der Waals surface area contributed by atoms with E-state index in [0.717, 1.165) is 25.3 Å². The number of carbonyl (C=O) groups excluding carboxylic acids is 1. The number of hydrogen-bond donors (Lipinski definition) is 3. The average molecular weight is 250 g/mol. The summed E-state index contributed by atoms with van der Waals surface area (Å²) in [5.74, 6) is -0.185. The lowest BCUT2D eigenvalue weighted by Gasteiger charge is -2.34. The van der Waals surface area contributed by atoms with Crippen molar-refractivity contribution < 1.29 is 9.90 Å². The lowest BCUT2D eigenvalue weighted by Crippen LogP contribution is -2.52. The van der Waals surface area contributed by atoms with Gasteiger partial charge in [-0.25, -0.2) is 4.98 Å². The van der Waals surface area contributed by atoms with Gasteiger partial charge in [-0.05, 0) is 12.1 Å². The largest absolute Gasteiger partial charge is 0.395 e. The minimum Gasteiger partial charge on any atom is -0.395 e. The predicted octanol–water partition coefficient (Wildman–Crippen LogP) is -0.788. The molecular formula is C12H18N4O2. The van der Waals surface area contributed by atoms with Crippen LogP contribution in [-0.2, 0) is 0 Å². The van der Waals surface area contributed by atoms with E-state index < -0.39 is 0 Å². The van der Waals surface area contributed by atoms with Gasteiger partial charge in [-0.1, -0.05) is 0 Å². The quantitative estimate of drug-likeness (QED) is 0.655. The van der Waals surface area contributed by atoms with Crippen LogP contribution in [0.15, 0.2) is 18.3 Å². The van der Waals surface area contributed by atoms with Crippen LogP contribution in [-0.4, -0.2) is 55.3 Å². The number of piperazine rings is 1.